The van der Waals surface area contributed by atoms with Gasteiger partial charge in [-0.3, -0.25) is 13.8 Å². The summed E-state index contributed by atoms with van der Waals surface area (Å²) in [7, 11) is 0. The van der Waals surface area contributed by atoms with E-state index in [9.17, 15) is 18.4 Å². The average Bonchev–Trinajstić information content (AvgIpc) is 3.24. The minimum Gasteiger partial charge on any atom is -0.772 e. The Labute approximate surface area is 145 Å². The van der Waals surface area contributed by atoms with Crippen molar-refractivity contribution in [2.24, 2.45) is 0 Å². The van der Waals surface area contributed by atoms with E-state index in [2.05, 4.69) is 5.16 Å². The van der Waals surface area contributed by atoms with Gasteiger partial charge in [0.1, 0.15) is 0 Å². The van der Waals surface area contributed by atoms with Crippen LogP contribution in [0.1, 0.15) is 63.4 Å². The number of hydrogen-bond acceptors (Lipinski definition) is 6. The van der Waals surface area contributed by atoms with Gasteiger partial charge in [0, 0.05) is 24.2 Å². The summed E-state index contributed by atoms with van der Waals surface area (Å²) in [6.07, 6.45) is 1.77. The number of carbonyl (C=O) groups is 2. The Kier molecular flexibility index (Phi) is 4.67. The molecule has 1 aliphatic carbocycles. The van der Waals surface area contributed by atoms with Crippen LogP contribution in [0.5, 0.6) is 0 Å². The van der Waals surface area contributed by atoms with Crippen LogP contribution < -0.4 is 0 Å². The highest BCUT2D eigenvalue weighted by Crippen LogP contribution is 2.43. The molecule has 8 heteroatoms. The van der Waals surface area contributed by atoms with Gasteiger partial charge in [0.05, 0.1) is 10.6 Å². The van der Waals surface area contributed by atoms with Gasteiger partial charge in [0.15, 0.2) is 23.0 Å². The maximum atomic E-state index is 12.9. The van der Waals surface area contributed by atoms with Crippen LogP contribution in [0.4, 0.5) is 0 Å². The molecule has 0 amide bonds. The normalized spacial score (nSPS) is 15.3. The highest BCUT2D eigenvalue weighted by molar-refractivity contribution is 7.78. The van der Waals surface area contributed by atoms with Crippen molar-refractivity contribution in [1.82, 2.24) is 5.16 Å². The number of halogens is 1. The van der Waals surface area contributed by atoms with Gasteiger partial charge in [-0.1, -0.05) is 33.9 Å². The van der Waals surface area contributed by atoms with E-state index in [0.29, 0.717) is 11.3 Å². The zero-order chi connectivity index (χ0) is 17.4. The Morgan fingerprint density at radius 3 is 2.67 bits per heavy atom. The Balaban J connectivity index is 2.02. The third-order valence-electron chi connectivity index (χ3n) is 3.79. The first kappa shape index (κ1) is 17.0. The van der Waals surface area contributed by atoms with Crippen molar-refractivity contribution in [3.63, 3.8) is 0 Å². The molecule has 1 atom stereocenters. The van der Waals surface area contributed by atoms with Crippen molar-refractivity contribution in [2.45, 2.75) is 31.4 Å². The zero-order valence-electron chi connectivity index (χ0n) is 12.7. The molecule has 1 fully saturated rings. The molecule has 1 unspecified atom stereocenters. The molecule has 0 bridgehead atoms. The van der Waals surface area contributed by atoms with E-state index in [-0.39, 0.29) is 39.3 Å². The van der Waals surface area contributed by atoms with Crippen molar-refractivity contribution in [3.8, 4) is 0 Å². The molecule has 6 nitrogen and oxygen atoms in total. The quantitative estimate of drug-likeness (QED) is 0.575. The minimum atomic E-state index is -2.25. The lowest BCUT2D eigenvalue weighted by Crippen LogP contribution is -2.10. The summed E-state index contributed by atoms with van der Waals surface area (Å²) in [5, 5.41) is 3.87. The number of hydrogen-bond donors (Lipinski definition) is 0. The van der Waals surface area contributed by atoms with Crippen molar-refractivity contribution >= 4 is 34.2 Å². The highest BCUT2D eigenvalue weighted by Gasteiger charge is 2.36. The lowest BCUT2D eigenvalue weighted by Gasteiger charge is -2.08. The molecule has 0 aliphatic heterocycles. The van der Waals surface area contributed by atoms with Crippen molar-refractivity contribution in [2.75, 3.05) is 0 Å². The molecule has 0 N–H and O–H groups in total. The van der Waals surface area contributed by atoms with E-state index in [1.54, 1.807) is 0 Å². The average molecular weight is 367 g/mol. The number of benzene rings is 1. The van der Waals surface area contributed by atoms with Gasteiger partial charge in [-0.25, -0.2) is 0 Å². The van der Waals surface area contributed by atoms with Crippen LogP contribution in [0.2, 0.25) is 5.02 Å². The van der Waals surface area contributed by atoms with Crippen LogP contribution in [-0.4, -0.2) is 25.5 Å². The molecular formula is C16H13ClNO5S-. The van der Waals surface area contributed by atoms with Gasteiger partial charge in [-0.15, -0.1) is 0 Å². The largest absolute Gasteiger partial charge is 0.772 e. The Morgan fingerprint density at radius 1 is 1.42 bits per heavy atom. The first-order valence-corrected chi connectivity index (χ1v) is 8.90. The molecule has 2 aromatic rings. The smallest absolute Gasteiger partial charge is 0.200 e. The van der Waals surface area contributed by atoms with Gasteiger partial charge in [0.25, 0.3) is 0 Å². The Bertz CT molecular complexity index is 856. The third-order valence-corrected chi connectivity index (χ3v) is 4.67. The van der Waals surface area contributed by atoms with Gasteiger partial charge in [-0.05, 0) is 30.5 Å². The van der Waals surface area contributed by atoms with E-state index in [1.165, 1.54) is 25.1 Å². The lowest BCUT2D eigenvalue weighted by molar-refractivity contribution is 0.0985. The molecule has 1 saturated carbocycles. The maximum Gasteiger partial charge on any atom is 0.200 e. The van der Waals surface area contributed by atoms with Gasteiger partial charge < -0.3 is 9.08 Å². The van der Waals surface area contributed by atoms with Crippen molar-refractivity contribution in [1.29, 1.82) is 0 Å². The molecule has 1 heterocycles. The summed E-state index contributed by atoms with van der Waals surface area (Å²) in [5.74, 6) is -0.462. The molecule has 24 heavy (non-hydrogen) atoms. The standard InChI is InChI=1S/C16H14ClNO5S/c1-8(19)14-13(16(23-18-14)10-3-4-10)15(20)11-5-2-9(6-12(11)17)7-24(21)22/h2,5-6,10H,3-4,7H2,1H3,(H,21,22)/p-1. The number of nitrogens with zero attached hydrogens (tertiary/aromatic N) is 1. The van der Waals surface area contributed by atoms with Gasteiger partial charge in [-0.2, -0.15) is 0 Å². The van der Waals surface area contributed by atoms with Crippen molar-refractivity contribution in [3.05, 3.63) is 51.4 Å². The van der Waals surface area contributed by atoms with Crippen LogP contribution in [0, 0.1) is 0 Å². The second-order valence-corrected chi connectivity index (χ2v) is 7.00. The number of Topliss-reactive ketones (excluding diaryl/α,β-unsaturated/α-hetero) is 1. The number of carbonyl (C=O) groups excluding carboxylic acids is 2. The lowest BCUT2D eigenvalue weighted by atomic mass is 9.97. The number of aromatic nitrogens is 1. The van der Waals surface area contributed by atoms with Crippen LogP contribution in [0.25, 0.3) is 0 Å². The van der Waals surface area contributed by atoms with Crippen LogP contribution >= 0.6 is 11.6 Å². The topological polar surface area (TPSA) is 100 Å². The second-order valence-electron chi connectivity index (χ2n) is 5.69. The van der Waals surface area contributed by atoms with Crippen LogP contribution in [0.3, 0.4) is 0 Å². The summed E-state index contributed by atoms with van der Waals surface area (Å²) in [6.45, 7) is 1.32. The molecule has 0 spiro atoms. The van der Waals surface area contributed by atoms with E-state index < -0.39 is 16.9 Å². The second kappa shape index (κ2) is 6.58. The molecule has 1 aromatic heterocycles. The molecule has 0 saturated heterocycles. The van der Waals surface area contributed by atoms with Crippen molar-refractivity contribution < 1.29 is 22.9 Å². The fourth-order valence-corrected chi connectivity index (χ4v) is 3.23. The Hall–Kier alpha value is -1.83. The molecule has 1 aliphatic rings. The summed E-state index contributed by atoms with van der Waals surface area (Å²) >= 11 is 3.90. The van der Waals surface area contributed by atoms with E-state index in [0.717, 1.165) is 12.8 Å². The Morgan fingerprint density at radius 2 is 2.12 bits per heavy atom. The van der Waals surface area contributed by atoms with E-state index in [1.807, 2.05) is 0 Å². The first-order chi connectivity index (χ1) is 11.4. The number of rotatable bonds is 6. The molecular weight excluding hydrogens is 354 g/mol. The summed E-state index contributed by atoms with van der Waals surface area (Å²) < 4.78 is 26.8. The fourth-order valence-electron chi connectivity index (χ4n) is 2.49. The molecule has 126 valence electrons. The highest BCUT2D eigenvalue weighted by atomic mass is 35.5. The predicted molar refractivity (Wildman–Crippen MR) is 86.0 cm³/mol. The van der Waals surface area contributed by atoms with Gasteiger partial charge >= 0.3 is 0 Å². The van der Waals surface area contributed by atoms with E-state index in [4.69, 9.17) is 16.1 Å². The third kappa shape index (κ3) is 3.33. The first-order valence-electron chi connectivity index (χ1n) is 7.28. The summed E-state index contributed by atoms with van der Waals surface area (Å²) in [6, 6.07) is 4.41. The SMILES string of the molecule is CC(=O)c1noc(C2CC2)c1C(=O)c1ccc(CS(=O)[O-])cc1Cl. The van der Waals surface area contributed by atoms with Gasteiger partial charge in [0.2, 0.25) is 0 Å². The zero-order valence-corrected chi connectivity index (χ0v) is 14.3. The fraction of sp³-hybridized carbons (Fsp3) is 0.312. The van der Waals surface area contributed by atoms with Crippen LogP contribution in [0.15, 0.2) is 22.7 Å². The summed E-state index contributed by atoms with van der Waals surface area (Å²) in [4.78, 5) is 24.6. The molecule has 1 aromatic carbocycles. The minimum absolute atomic E-state index is 0.00250. The van der Waals surface area contributed by atoms with E-state index >= 15 is 0 Å². The monoisotopic (exact) mass is 366 g/mol. The maximum absolute atomic E-state index is 12.9. The summed E-state index contributed by atoms with van der Waals surface area (Å²) in [5.41, 5.74) is 0.823. The molecule has 3 rings (SSSR count). The van der Waals surface area contributed by atoms with Crippen LogP contribution in [-0.2, 0) is 16.8 Å². The predicted octanol–water partition coefficient (Wildman–Crippen LogP) is 3.02. The number of ketones is 2. The molecule has 0 radical (unpaired) electrons.